The normalized spacial score (nSPS) is 18.5. The number of thioether (sulfide) groups is 1. The first-order valence-electron chi connectivity index (χ1n) is 12.7. The summed E-state index contributed by atoms with van der Waals surface area (Å²) in [6.45, 7) is 3.88. The predicted molar refractivity (Wildman–Crippen MR) is 146 cm³/mol. The number of rotatable bonds is 7. The molecule has 5 rings (SSSR count). The number of nitrogens with zero attached hydrogens (tertiary/aromatic N) is 1. The summed E-state index contributed by atoms with van der Waals surface area (Å²) in [5.74, 6) is 0.0759. The lowest BCUT2D eigenvalue weighted by molar-refractivity contribution is -0.117. The van der Waals surface area contributed by atoms with Crippen molar-refractivity contribution in [1.29, 1.82) is 0 Å². The van der Waals surface area contributed by atoms with Crippen molar-refractivity contribution in [3.05, 3.63) is 77.2 Å². The number of esters is 1. The SMILES string of the molecule is CN1C(=CC(=O)COC(=O)c2oc3ccccc3c2CSC2CCCCC2)C(C)(C)c2ccccc21. The molecule has 0 bridgehead atoms. The number of ketones is 1. The van der Waals surface area contributed by atoms with Crippen LogP contribution < -0.4 is 4.90 Å². The van der Waals surface area contributed by atoms with Gasteiger partial charge in [-0.1, -0.05) is 69.5 Å². The maximum absolute atomic E-state index is 13.1. The Hall–Kier alpha value is -2.99. The van der Waals surface area contributed by atoms with Crippen LogP contribution in [0, 0.1) is 0 Å². The Balaban J connectivity index is 1.30. The van der Waals surface area contributed by atoms with Gasteiger partial charge in [-0.3, -0.25) is 4.79 Å². The molecule has 2 heterocycles. The summed E-state index contributed by atoms with van der Waals surface area (Å²) in [5.41, 5.74) is 4.37. The summed E-state index contributed by atoms with van der Waals surface area (Å²) in [7, 11) is 1.96. The van der Waals surface area contributed by atoms with Crippen molar-refractivity contribution < 1.29 is 18.7 Å². The third-order valence-electron chi connectivity index (χ3n) is 7.48. The molecule has 1 aliphatic heterocycles. The Morgan fingerprint density at radius 1 is 1.08 bits per heavy atom. The monoisotopic (exact) mass is 503 g/mol. The highest BCUT2D eigenvalue weighted by molar-refractivity contribution is 7.99. The van der Waals surface area contributed by atoms with Gasteiger partial charge in [0.25, 0.3) is 0 Å². The number of fused-ring (bicyclic) bond motifs is 2. The van der Waals surface area contributed by atoms with Crippen LogP contribution in [0.3, 0.4) is 0 Å². The Bertz CT molecular complexity index is 1320. The number of benzene rings is 2. The molecule has 0 atom stereocenters. The number of carbonyl (C=O) groups is 2. The Morgan fingerprint density at radius 3 is 2.58 bits per heavy atom. The number of para-hydroxylation sites is 2. The predicted octanol–water partition coefficient (Wildman–Crippen LogP) is 7.04. The fourth-order valence-corrected chi connectivity index (χ4v) is 6.85. The molecular formula is C30H33NO4S. The number of carbonyl (C=O) groups excluding carboxylic acids is 2. The number of hydrogen-bond acceptors (Lipinski definition) is 6. The van der Waals surface area contributed by atoms with E-state index in [0.717, 1.165) is 22.3 Å². The van der Waals surface area contributed by atoms with Gasteiger partial charge in [0.05, 0.1) is 0 Å². The fraction of sp³-hybridized carbons (Fsp3) is 0.400. The number of anilines is 1. The average Bonchev–Trinajstić information content (AvgIpc) is 3.36. The molecule has 1 saturated carbocycles. The van der Waals surface area contributed by atoms with E-state index < -0.39 is 5.97 Å². The van der Waals surface area contributed by atoms with Crippen molar-refractivity contribution in [1.82, 2.24) is 0 Å². The largest absolute Gasteiger partial charge is 0.451 e. The van der Waals surface area contributed by atoms with Crippen LogP contribution in [0.15, 0.2) is 64.7 Å². The Kier molecular flexibility index (Phi) is 6.98. The molecule has 1 aliphatic carbocycles. The summed E-state index contributed by atoms with van der Waals surface area (Å²) >= 11 is 1.89. The quantitative estimate of drug-likeness (QED) is 0.255. The second kappa shape index (κ2) is 10.2. The van der Waals surface area contributed by atoms with Crippen molar-refractivity contribution in [2.24, 2.45) is 0 Å². The minimum absolute atomic E-state index is 0.214. The lowest BCUT2D eigenvalue weighted by atomic mass is 9.83. The summed E-state index contributed by atoms with van der Waals surface area (Å²) < 4.78 is 11.4. The number of allylic oxidation sites excluding steroid dienone is 1. The van der Waals surface area contributed by atoms with Crippen LogP contribution in [0.1, 0.15) is 67.6 Å². The summed E-state index contributed by atoms with van der Waals surface area (Å²) in [6, 6.07) is 15.8. The summed E-state index contributed by atoms with van der Waals surface area (Å²) in [4.78, 5) is 28.0. The zero-order valence-electron chi connectivity index (χ0n) is 21.2. The van der Waals surface area contributed by atoms with E-state index in [2.05, 4.69) is 26.0 Å². The third-order valence-corrected chi connectivity index (χ3v) is 8.88. The van der Waals surface area contributed by atoms with Gasteiger partial charge in [0.1, 0.15) is 5.58 Å². The molecule has 0 radical (unpaired) electrons. The lowest BCUT2D eigenvalue weighted by Crippen LogP contribution is -2.25. The van der Waals surface area contributed by atoms with Gasteiger partial charge in [0.2, 0.25) is 5.76 Å². The van der Waals surface area contributed by atoms with E-state index in [1.54, 1.807) is 6.08 Å². The number of furan rings is 1. The van der Waals surface area contributed by atoms with Crippen LogP contribution in [-0.4, -0.2) is 30.7 Å². The molecule has 6 heteroatoms. The lowest BCUT2D eigenvalue weighted by Gasteiger charge is -2.23. The summed E-state index contributed by atoms with van der Waals surface area (Å²) in [6.07, 6.45) is 7.90. The van der Waals surface area contributed by atoms with Crippen LogP contribution in [0.5, 0.6) is 0 Å². The van der Waals surface area contributed by atoms with Crippen LogP contribution in [0.2, 0.25) is 0 Å². The van der Waals surface area contributed by atoms with Crippen LogP contribution in [0.4, 0.5) is 5.69 Å². The van der Waals surface area contributed by atoms with Gasteiger partial charge in [-0.2, -0.15) is 11.8 Å². The van der Waals surface area contributed by atoms with Gasteiger partial charge >= 0.3 is 5.97 Å². The molecule has 1 fully saturated rings. The molecule has 36 heavy (non-hydrogen) atoms. The van der Waals surface area contributed by atoms with Gasteiger partial charge in [-0.15, -0.1) is 0 Å². The van der Waals surface area contributed by atoms with Gasteiger partial charge in [-0.05, 0) is 30.5 Å². The number of likely N-dealkylation sites (N-methyl/N-ethyl adjacent to an activating group) is 1. The zero-order valence-corrected chi connectivity index (χ0v) is 22.0. The molecule has 0 N–H and O–H groups in total. The van der Waals surface area contributed by atoms with Crippen molar-refractivity contribution in [2.45, 2.75) is 62.4 Å². The standard InChI is InChI=1S/C30H33NO4S/c1-30(2)24-14-8-9-15-25(24)31(3)27(30)17-20(32)18-34-29(33)28-23(19-36-21-11-5-4-6-12-21)22-13-7-10-16-26(22)35-28/h7-10,13-17,21H,4-6,11-12,18-19H2,1-3H3. The molecule has 188 valence electrons. The molecule has 1 aromatic heterocycles. The van der Waals surface area contributed by atoms with Gasteiger partial charge < -0.3 is 14.1 Å². The Labute approximate surface area is 216 Å². The van der Waals surface area contributed by atoms with E-state index in [9.17, 15) is 9.59 Å². The van der Waals surface area contributed by atoms with E-state index in [1.165, 1.54) is 37.7 Å². The van der Waals surface area contributed by atoms with E-state index in [0.29, 0.717) is 16.6 Å². The maximum Gasteiger partial charge on any atom is 0.375 e. The van der Waals surface area contributed by atoms with Crippen molar-refractivity contribution in [3.8, 4) is 0 Å². The molecule has 0 amide bonds. The minimum atomic E-state index is -0.584. The first-order chi connectivity index (χ1) is 17.4. The average molecular weight is 504 g/mol. The van der Waals surface area contributed by atoms with Gasteiger partial charge in [0.15, 0.2) is 12.4 Å². The molecule has 0 spiro atoms. The molecule has 0 saturated heterocycles. The first-order valence-corrected chi connectivity index (χ1v) is 13.8. The van der Waals surface area contributed by atoms with E-state index >= 15 is 0 Å². The topological polar surface area (TPSA) is 59.8 Å². The van der Waals surface area contributed by atoms with E-state index in [1.807, 2.05) is 60.1 Å². The minimum Gasteiger partial charge on any atom is -0.451 e. The van der Waals surface area contributed by atoms with Crippen LogP contribution in [0.25, 0.3) is 11.0 Å². The second-order valence-electron chi connectivity index (χ2n) is 10.3. The van der Waals surface area contributed by atoms with Crippen molar-refractivity contribution >= 4 is 40.2 Å². The highest BCUT2D eigenvalue weighted by Crippen LogP contribution is 2.46. The number of hydrogen-bond donors (Lipinski definition) is 0. The molecule has 2 aromatic carbocycles. The molecule has 3 aromatic rings. The van der Waals surface area contributed by atoms with E-state index in [-0.39, 0.29) is 23.6 Å². The van der Waals surface area contributed by atoms with Gasteiger partial charge in [-0.25, -0.2) is 4.79 Å². The zero-order chi connectivity index (χ0) is 25.3. The smallest absolute Gasteiger partial charge is 0.375 e. The third kappa shape index (κ3) is 4.71. The maximum atomic E-state index is 13.1. The van der Waals surface area contributed by atoms with E-state index in [4.69, 9.17) is 9.15 Å². The van der Waals surface area contributed by atoms with Crippen molar-refractivity contribution in [3.63, 3.8) is 0 Å². The van der Waals surface area contributed by atoms with Crippen molar-refractivity contribution in [2.75, 3.05) is 18.6 Å². The highest BCUT2D eigenvalue weighted by Gasteiger charge is 2.38. The fourth-order valence-electron chi connectivity index (χ4n) is 5.50. The first kappa shape index (κ1) is 24.7. The second-order valence-corrected chi connectivity index (χ2v) is 11.5. The van der Waals surface area contributed by atoms with Gasteiger partial charge in [0, 0.05) is 51.9 Å². The van der Waals surface area contributed by atoms with Crippen LogP contribution >= 0.6 is 11.8 Å². The van der Waals surface area contributed by atoms with Crippen LogP contribution in [-0.2, 0) is 20.7 Å². The Morgan fingerprint density at radius 2 is 1.81 bits per heavy atom. The number of ether oxygens (including phenoxy) is 1. The molecule has 0 unspecified atom stereocenters. The molecule has 2 aliphatic rings. The highest BCUT2D eigenvalue weighted by atomic mass is 32.2. The molecule has 5 nitrogen and oxygen atoms in total. The molecular weight excluding hydrogens is 470 g/mol. The summed E-state index contributed by atoms with van der Waals surface area (Å²) in [5, 5.41) is 1.55.